The van der Waals surface area contributed by atoms with Crippen LogP contribution in [-0.2, 0) is 17.7 Å². The van der Waals surface area contributed by atoms with Gasteiger partial charge in [-0.05, 0) is 43.2 Å². The van der Waals surface area contributed by atoms with Gasteiger partial charge in [-0.2, -0.15) is 0 Å². The number of fused-ring (bicyclic) bond motifs is 5. The molecule has 6 rings (SSSR count). The monoisotopic (exact) mass is 379 g/mol. The molecule has 0 amide bonds. The minimum atomic E-state index is -0.207. The van der Waals surface area contributed by atoms with Gasteiger partial charge in [0.05, 0.1) is 12.2 Å². The molecule has 0 radical (unpaired) electrons. The van der Waals surface area contributed by atoms with Crippen LogP contribution < -0.4 is 9.80 Å². The second-order valence-corrected chi connectivity index (χ2v) is 8.06. The van der Waals surface area contributed by atoms with Crippen molar-refractivity contribution in [2.75, 3.05) is 29.4 Å². The van der Waals surface area contributed by atoms with Gasteiger partial charge in [-0.25, -0.2) is 4.39 Å². The Kier molecular flexibility index (Phi) is 3.59. The van der Waals surface area contributed by atoms with Crippen molar-refractivity contribution in [3.05, 3.63) is 47.4 Å². The van der Waals surface area contributed by atoms with Gasteiger partial charge in [-0.1, -0.05) is 0 Å². The van der Waals surface area contributed by atoms with E-state index in [1.54, 1.807) is 6.07 Å². The van der Waals surface area contributed by atoms with E-state index in [2.05, 4.69) is 37.1 Å². The maximum atomic E-state index is 13.5. The molecule has 1 N–H and O–H groups in total. The third kappa shape index (κ3) is 2.64. The van der Waals surface area contributed by atoms with Crippen molar-refractivity contribution in [1.29, 1.82) is 0 Å². The number of benzene rings is 1. The van der Waals surface area contributed by atoms with Crippen LogP contribution in [0, 0.1) is 5.82 Å². The van der Waals surface area contributed by atoms with E-state index in [4.69, 9.17) is 4.74 Å². The van der Waals surface area contributed by atoms with Gasteiger partial charge in [-0.3, -0.25) is 0 Å². The molecule has 7 heteroatoms. The molecular weight excluding hydrogens is 357 g/mol. The van der Waals surface area contributed by atoms with E-state index in [-0.39, 0.29) is 5.82 Å². The molecule has 0 saturated carbocycles. The standard InChI is InChI=1S/C21H22FN5O/c22-13-1-4-16-17-12-26(8-7-18(17)23-19(16)9-13)20-5-6-21(25-24-20)27-10-14-2-3-15(11-27)28-14/h1,4-6,9,14-15,23H,2-3,7-8,10-12H2. The highest BCUT2D eigenvalue weighted by Gasteiger charge is 2.34. The average molecular weight is 379 g/mol. The fourth-order valence-corrected chi connectivity index (χ4v) is 4.85. The van der Waals surface area contributed by atoms with Crippen LogP contribution in [0.1, 0.15) is 24.1 Å². The zero-order chi connectivity index (χ0) is 18.7. The Hall–Kier alpha value is -2.67. The largest absolute Gasteiger partial charge is 0.371 e. The summed E-state index contributed by atoms with van der Waals surface area (Å²) in [6.07, 6.45) is 3.87. The first kappa shape index (κ1) is 16.3. The first-order valence-electron chi connectivity index (χ1n) is 10.0. The Labute approximate surface area is 162 Å². The quantitative estimate of drug-likeness (QED) is 0.742. The average Bonchev–Trinajstić information content (AvgIpc) is 3.25. The Bertz CT molecular complexity index is 1020. The summed E-state index contributed by atoms with van der Waals surface area (Å²) in [4.78, 5) is 7.92. The van der Waals surface area contributed by atoms with E-state index in [1.165, 1.54) is 17.3 Å². The molecule has 3 aromatic rings. The molecule has 2 unspecified atom stereocenters. The van der Waals surface area contributed by atoms with Gasteiger partial charge >= 0.3 is 0 Å². The van der Waals surface area contributed by atoms with Crippen molar-refractivity contribution in [2.45, 2.75) is 38.0 Å². The predicted molar refractivity (Wildman–Crippen MR) is 105 cm³/mol. The van der Waals surface area contributed by atoms with Crippen molar-refractivity contribution in [2.24, 2.45) is 0 Å². The van der Waals surface area contributed by atoms with Crippen molar-refractivity contribution >= 4 is 22.5 Å². The molecule has 3 aliphatic rings. The number of morpholine rings is 1. The van der Waals surface area contributed by atoms with Crippen molar-refractivity contribution < 1.29 is 9.13 Å². The number of hydrogen-bond donors (Lipinski definition) is 1. The molecular formula is C21H22FN5O. The minimum absolute atomic E-state index is 0.207. The van der Waals surface area contributed by atoms with E-state index in [0.29, 0.717) is 12.2 Å². The molecule has 3 aliphatic heterocycles. The van der Waals surface area contributed by atoms with Gasteiger partial charge in [0, 0.05) is 54.8 Å². The highest BCUT2D eigenvalue weighted by molar-refractivity contribution is 5.85. The lowest BCUT2D eigenvalue weighted by atomic mass is 10.0. The van der Waals surface area contributed by atoms with Crippen LogP contribution in [0.3, 0.4) is 0 Å². The third-order valence-electron chi connectivity index (χ3n) is 6.27. The second kappa shape index (κ2) is 6.17. The molecule has 0 spiro atoms. The topological polar surface area (TPSA) is 57.3 Å². The number of halogens is 1. The molecule has 2 bridgehead atoms. The molecule has 28 heavy (non-hydrogen) atoms. The summed E-state index contributed by atoms with van der Waals surface area (Å²) < 4.78 is 19.4. The SMILES string of the molecule is Fc1ccc2c3c([nH]c2c1)CCN(c1ccc(N2CC4CCC(C2)O4)nn1)C3. The van der Waals surface area contributed by atoms with E-state index in [0.717, 1.165) is 68.0 Å². The number of anilines is 2. The molecule has 2 aromatic heterocycles. The number of aromatic nitrogens is 3. The number of H-pyrrole nitrogens is 1. The zero-order valence-corrected chi connectivity index (χ0v) is 15.6. The van der Waals surface area contributed by atoms with E-state index in [1.807, 2.05) is 6.07 Å². The second-order valence-electron chi connectivity index (χ2n) is 8.06. The van der Waals surface area contributed by atoms with Crippen LogP contribution >= 0.6 is 0 Å². The predicted octanol–water partition coefficient (Wildman–Crippen LogP) is 3.03. The first-order chi connectivity index (χ1) is 13.7. The lowest BCUT2D eigenvalue weighted by Gasteiger charge is -2.33. The fraction of sp³-hybridized carbons (Fsp3) is 0.429. The number of rotatable bonds is 2. The zero-order valence-electron chi connectivity index (χ0n) is 15.6. The maximum Gasteiger partial charge on any atom is 0.151 e. The summed E-state index contributed by atoms with van der Waals surface area (Å²) in [6.45, 7) is 3.45. The fourth-order valence-electron chi connectivity index (χ4n) is 4.85. The summed E-state index contributed by atoms with van der Waals surface area (Å²) in [5.74, 6) is 1.62. The van der Waals surface area contributed by atoms with Gasteiger partial charge in [0.2, 0.25) is 0 Å². The van der Waals surface area contributed by atoms with E-state index < -0.39 is 0 Å². The molecule has 2 atom stereocenters. The number of nitrogens with zero attached hydrogens (tertiary/aromatic N) is 4. The highest BCUT2D eigenvalue weighted by Crippen LogP contribution is 2.31. The maximum absolute atomic E-state index is 13.5. The van der Waals surface area contributed by atoms with Crippen LogP contribution in [0.25, 0.3) is 10.9 Å². The molecule has 1 aromatic carbocycles. The molecule has 0 aliphatic carbocycles. The van der Waals surface area contributed by atoms with Crippen LogP contribution in [0.2, 0.25) is 0 Å². The van der Waals surface area contributed by atoms with Crippen LogP contribution in [-0.4, -0.2) is 47.0 Å². The van der Waals surface area contributed by atoms with Crippen molar-refractivity contribution in [1.82, 2.24) is 15.2 Å². The van der Waals surface area contributed by atoms with Crippen LogP contribution in [0.15, 0.2) is 30.3 Å². The summed E-state index contributed by atoms with van der Waals surface area (Å²) in [6, 6.07) is 9.11. The highest BCUT2D eigenvalue weighted by atomic mass is 19.1. The lowest BCUT2D eigenvalue weighted by Crippen LogP contribution is -2.43. The van der Waals surface area contributed by atoms with Gasteiger partial charge in [0.25, 0.3) is 0 Å². The summed E-state index contributed by atoms with van der Waals surface area (Å²) in [5, 5.41) is 10.1. The van der Waals surface area contributed by atoms with Gasteiger partial charge < -0.3 is 19.5 Å². The summed E-state index contributed by atoms with van der Waals surface area (Å²) in [5.41, 5.74) is 3.30. The Morgan fingerprint density at radius 1 is 1.00 bits per heavy atom. The van der Waals surface area contributed by atoms with Gasteiger partial charge in [-0.15, -0.1) is 10.2 Å². The molecule has 144 valence electrons. The lowest BCUT2D eigenvalue weighted by molar-refractivity contribution is 0.0302. The molecule has 6 nitrogen and oxygen atoms in total. The Morgan fingerprint density at radius 2 is 1.75 bits per heavy atom. The number of ether oxygens (including phenoxy) is 1. The van der Waals surface area contributed by atoms with Crippen LogP contribution in [0.5, 0.6) is 0 Å². The van der Waals surface area contributed by atoms with E-state index >= 15 is 0 Å². The van der Waals surface area contributed by atoms with Crippen molar-refractivity contribution in [3.63, 3.8) is 0 Å². The van der Waals surface area contributed by atoms with Crippen molar-refractivity contribution in [3.8, 4) is 0 Å². The number of hydrogen-bond acceptors (Lipinski definition) is 5. The van der Waals surface area contributed by atoms with Crippen LogP contribution in [0.4, 0.5) is 16.0 Å². The normalized spacial score (nSPS) is 24.0. The third-order valence-corrected chi connectivity index (χ3v) is 6.27. The number of nitrogens with one attached hydrogen (secondary N) is 1. The summed E-state index contributed by atoms with van der Waals surface area (Å²) in [7, 11) is 0. The van der Waals surface area contributed by atoms with E-state index in [9.17, 15) is 4.39 Å². The Morgan fingerprint density at radius 3 is 2.50 bits per heavy atom. The van der Waals surface area contributed by atoms with Gasteiger partial charge in [0.1, 0.15) is 5.82 Å². The minimum Gasteiger partial charge on any atom is -0.371 e. The molecule has 5 heterocycles. The molecule has 2 fully saturated rings. The first-order valence-corrected chi connectivity index (χ1v) is 10.0. The summed E-state index contributed by atoms with van der Waals surface area (Å²) >= 11 is 0. The number of aromatic amines is 1. The smallest absolute Gasteiger partial charge is 0.151 e. The van der Waals surface area contributed by atoms with Gasteiger partial charge in [0.15, 0.2) is 11.6 Å². The molecule has 2 saturated heterocycles. The Balaban J connectivity index is 1.24.